The van der Waals surface area contributed by atoms with Gasteiger partial charge in [-0.1, -0.05) is 44.6 Å². The van der Waals surface area contributed by atoms with E-state index in [1.165, 1.54) is 44.9 Å². The van der Waals surface area contributed by atoms with Crippen LogP contribution < -0.4 is 32.7 Å². The van der Waals surface area contributed by atoms with Crippen molar-refractivity contribution in [2.45, 2.75) is 146 Å². The average molecular weight is 652 g/mol. The van der Waals surface area contributed by atoms with Gasteiger partial charge in [-0.25, -0.2) is 8.78 Å². The SMILES string of the molecule is CC1CCC(C/C=C/C(=O)C2CCN(C3C(F)CNCC3NC(=O)C(C(N)N)C(C)NCC(F)CCC3CCCCCC3)CC2)N1. The second-order valence-electron chi connectivity index (χ2n) is 14.8. The number of likely N-dealkylation sites (tertiary alicyclic amines) is 1. The summed E-state index contributed by atoms with van der Waals surface area (Å²) in [5, 5.41) is 12.9. The van der Waals surface area contributed by atoms with Crippen molar-refractivity contribution in [3.05, 3.63) is 12.2 Å². The standard InChI is InChI=1S/C35H63F2N7O2/c1-23-12-15-28(42-23)10-7-11-31(45)26-16-18-44(19-17-26)33-29(37)21-40-22-30(33)43-35(46)32(34(38)39)24(2)41-20-27(36)14-13-25-8-5-3-4-6-9-25/h7,11,23-30,32-34,40-42H,3-6,8-10,12-22,38-39H2,1-2H3,(H,43,46)/b11-7+. The van der Waals surface area contributed by atoms with Crippen molar-refractivity contribution < 1.29 is 18.4 Å². The lowest BCUT2D eigenvalue weighted by molar-refractivity contribution is -0.128. The molecular weight excluding hydrogens is 588 g/mol. The van der Waals surface area contributed by atoms with Crippen LogP contribution in [0.1, 0.15) is 97.3 Å². The number of carbonyl (C=O) groups excluding carboxylic acids is 2. The Morgan fingerprint density at radius 1 is 1.02 bits per heavy atom. The summed E-state index contributed by atoms with van der Waals surface area (Å²) in [5.41, 5.74) is 12.2. The van der Waals surface area contributed by atoms with Crippen LogP contribution in [0.3, 0.4) is 0 Å². The Morgan fingerprint density at radius 2 is 1.74 bits per heavy atom. The van der Waals surface area contributed by atoms with Gasteiger partial charge in [0.15, 0.2) is 5.78 Å². The van der Waals surface area contributed by atoms with E-state index >= 15 is 4.39 Å². The Bertz CT molecular complexity index is 955. The molecule has 1 aliphatic carbocycles. The van der Waals surface area contributed by atoms with E-state index in [2.05, 4.69) is 33.1 Å². The zero-order chi connectivity index (χ0) is 33.1. The summed E-state index contributed by atoms with van der Waals surface area (Å²) in [6.45, 7) is 5.97. The fraction of sp³-hybridized carbons (Fsp3) is 0.886. The lowest BCUT2D eigenvalue weighted by Crippen LogP contribution is -2.67. The molecule has 46 heavy (non-hydrogen) atoms. The quantitative estimate of drug-likeness (QED) is 0.0904. The molecule has 3 aliphatic heterocycles. The van der Waals surface area contributed by atoms with E-state index in [9.17, 15) is 14.0 Å². The summed E-state index contributed by atoms with van der Waals surface area (Å²) in [5.74, 6) is -0.446. The van der Waals surface area contributed by atoms with Crippen LogP contribution in [0.4, 0.5) is 8.78 Å². The number of nitrogens with two attached hydrogens (primary N) is 2. The van der Waals surface area contributed by atoms with Crippen LogP contribution in [-0.2, 0) is 9.59 Å². The molecule has 3 heterocycles. The van der Waals surface area contributed by atoms with Gasteiger partial charge in [0.2, 0.25) is 5.91 Å². The second-order valence-corrected chi connectivity index (χ2v) is 14.8. The minimum atomic E-state index is -1.17. The van der Waals surface area contributed by atoms with Crippen molar-refractivity contribution in [2.75, 3.05) is 32.7 Å². The fourth-order valence-electron chi connectivity index (χ4n) is 8.29. The van der Waals surface area contributed by atoms with Crippen molar-refractivity contribution >= 4 is 11.7 Å². The van der Waals surface area contributed by atoms with Gasteiger partial charge >= 0.3 is 0 Å². The maximum absolute atomic E-state index is 15.4. The molecule has 0 aromatic heterocycles. The topological polar surface area (TPSA) is 138 Å². The summed E-state index contributed by atoms with van der Waals surface area (Å²) in [7, 11) is 0. The van der Waals surface area contributed by atoms with Gasteiger partial charge in [-0.05, 0) is 83.9 Å². The van der Waals surface area contributed by atoms with Gasteiger partial charge in [0.1, 0.15) is 12.3 Å². The maximum Gasteiger partial charge on any atom is 0.227 e. The van der Waals surface area contributed by atoms with Gasteiger partial charge in [0.25, 0.3) is 0 Å². The highest BCUT2D eigenvalue weighted by Gasteiger charge is 2.42. The maximum atomic E-state index is 15.4. The molecule has 8 atom stereocenters. The molecule has 1 saturated carbocycles. The number of hydrogen-bond donors (Lipinski definition) is 6. The number of piperidine rings is 2. The molecule has 4 fully saturated rings. The van der Waals surface area contributed by atoms with E-state index in [1.54, 1.807) is 6.08 Å². The fourth-order valence-corrected chi connectivity index (χ4v) is 8.29. The van der Waals surface area contributed by atoms with E-state index in [1.807, 2.05) is 13.0 Å². The molecule has 1 amide bonds. The molecule has 0 radical (unpaired) electrons. The molecule has 0 aromatic rings. The number of alkyl halides is 2. The van der Waals surface area contributed by atoms with E-state index < -0.39 is 42.6 Å². The smallest absolute Gasteiger partial charge is 0.227 e. The Kier molecular flexibility index (Phi) is 15.3. The predicted molar refractivity (Wildman–Crippen MR) is 181 cm³/mol. The lowest BCUT2D eigenvalue weighted by atomic mass is 9.88. The Labute approximate surface area is 276 Å². The number of hydrogen-bond acceptors (Lipinski definition) is 8. The van der Waals surface area contributed by atoms with E-state index in [0.717, 1.165) is 19.3 Å². The van der Waals surface area contributed by atoms with Crippen LogP contribution in [0.5, 0.6) is 0 Å². The van der Waals surface area contributed by atoms with Crippen LogP contribution in [0.15, 0.2) is 12.2 Å². The van der Waals surface area contributed by atoms with Gasteiger partial charge in [-0.2, -0.15) is 0 Å². The highest BCUT2D eigenvalue weighted by molar-refractivity contribution is 5.91. The van der Waals surface area contributed by atoms with Crippen molar-refractivity contribution in [1.29, 1.82) is 0 Å². The lowest BCUT2D eigenvalue weighted by Gasteiger charge is -2.45. The molecule has 11 heteroatoms. The van der Waals surface area contributed by atoms with E-state index in [4.69, 9.17) is 11.5 Å². The zero-order valence-electron chi connectivity index (χ0n) is 28.4. The summed E-state index contributed by atoms with van der Waals surface area (Å²) in [4.78, 5) is 28.5. The molecule has 0 bridgehead atoms. The van der Waals surface area contributed by atoms with Crippen LogP contribution in [0, 0.1) is 17.8 Å². The number of rotatable bonds is 15. The summed E-state index contributed by atoms with van der Waals surface area (Å²) >= 11 is 0. The van der Waals surface area contributed by atoms with Crippen LogP contribution in [0.25, 0.3) is 0 Å². The first-order valence-corrected chi connectivity index (χ1v) is 18.4. The first kappa shape index (κ1) is 37.3. The van der Waals surface area contributed by atoms with Gasteiger partial charge in [-0.15, -0.1) is 0 Å². The number of amides is 1. The van der Waals surface area contributed by atoms with Gasteiger partial charge < -0.3 is 32.7 Å². The largest absolute Gasteiger partial charge is 0.350 e. The third-order valence-corrected chi connectivity index (χ3v) is 11.1. The number of carbonyl (C=O) groups is 2. The summed E-state index contributed by atoms with van der Waals surface area (Å²) in [6.07, 6.45) is 14.0. The number of allylic oxidation sites excluding steroid dienone is 1. The molecule has 264 valence electrons. The summed E-state index contributed by atoms with van der Waals surface area (Å²) < 4.78 is 30.3. The molecule has 3 saturated heterocycles. The molecule has 9 nitrogen and oxygen atoms in total. The molecule has 8 unspecified atom stereocenters. The van der Waals surface area contributed by atoms with E-state index in [0.29, 0.717) is 56.9 Å². The second kappa shape index (κ2) is 18.9. The van der Waals surface area contributed by atoms with Gasteiger partial charge in [0, 0.05) is 43.7 Å². The minimum absolute atomic E-state index is 0.0613. The zero-order valence-corrected chi connectivity index (χ0v) is 28.4. The highest BCUT2D eigenvalue weighted by atomic mass is 19.1. The monoisotopic (exact) mass is 652 g/mol. The van der Waals surface area contributed by atoms with Crippen molar-refractivity contribution in [3.8, 4) is 0 Å². The van der Waals surface area contributed by atoms with Crippen molar-refractivity contribution in [2.24, 2.45) is 29.2 Å². The molecule has 8 N–H and O–H groups in total. The van der Waals surface area contributed by atoms with Gasteiger partial charge in [-0.3, -0.25) is 14.5 Å². The number of halogens is 2. The van der Waals surface area contributed by atoms with Crippen LogP contribution >= 0.6 is 0 Å². The average Bonchev–Trinajstić information content (AvgIpc) is 3.26. The minimum Gasteiger partial charge on any atom is -0.350 e. The molecule has 4 aliphatic rings. The Morgan fingerprint density at radius 3 is 2.39 bits per heavy atom. The molecule has 4 rings (SSSR count). The van der Waals surface area contributed by atoms with Crippen LogP contribution in [-0.4, -0.2) is 98.0 Å². The molecule has 0 aromatic carbocycles. The summed E-state index contributed by atoms with van der Waals surface area (Å²) in [6, 6.07) is -0.451. The first-order valence-electron chi connectivity index (χ1n) is 18.4. The predicted octanol–water partition coefficient (Wildman–Crippen LogP) is 3.08. The highest BCUT2D eigenvalue weighted by Crippen LogP contribution is 2.28. The number of nitrogens with zero attached hydrogens (tertiary/aromatic N) is 1. The first-order chi connectivity index (χ1) is 22.1. The Hall–Kier alpha value is -1.50. The number of nitrogens with one attached hydrogen (secondary N) is 4. The third kappa shape index (κ3) is 11.3. The van der Waals surface area contributed by atoms with Crippen molar-refractivity contribution in [3.63, 3.8) is 0 Å². The third-order valence-electron chi connectivity index (χ3n) is 11.1. The molecule has 0 spiro atoms. The number of ketones is 1. The van der Waals surface area contributed by atoms with Crippen LogP contribution in [0.2, 0.25) is 0 Å². The normalized spacial score (nSPS) is 31.2. The van der Waals surface area contributed by atoms with Gasteiger partial charge in [0.05, 0.1) is 24.2 Å². The van der Waals surface area contributed by atoms with Crippen molar-refractivity contribution in [1.82, 2.24) is 26.2 Å². The van der Waals surface area contributed by atoms with E-state index in [-0.39, 0.29) is 30.7 Å². The Balaban J connectivity index is 1.24. The molecular formula is C35H63F2N7O2.